The Morgan fingerprint density at radius 3 is 2.59 bits per heavy atom. The third-order valence-electron chi connectivity index (χ3n) is 3.93. The minimum Gasteiger partial charge on any atom is -0.493 e. The van der Waals surface area contributed by atoms with Crippen molar-refractivity contribution in [3.8, 4) is 11.5 Å². The van der Waals surface area contributed by atoms with Crippen LogP contribution in [-0.4, -0.2) is 30.3 Å². The van der Waals surface area contributed by atoms with Crippen molar-refractivity contribution in [3.05, 3.63) is 81.5 Å². The van der Waals surface area contributed by atoms with Gasteiger partial charge < -0.3 is 14.6 Å². The molecule has 0 bridgehead atoms. The summed E-state index contributed by atoms with van der Waals surface area (Å²) in [5.74, 6) is -0.294. The number of carboxylic acid groups (broad SMARTS) is 1. The van der Waals surface area contributed by atoms with E-state index in [-0.39, 0.29) is 18.1 Å². The first kappa shape index (κ1) is 20.1. The smallest absolute Gasteiger partial charge is 0.335 e. The number of hydrogen-bond donors (Lipinski definition) is 2. The van der Waals surface area contributed by atoms with Gasteiger partial charge in [0.05, 0.1) is 23.8 Å². The number of hydrazone groups is 1. The maximum absolute atomic E-state index is 12.0. The molecule has 148 valence electrons. The number of carbonyl (C=O) groups is 2. The Kier molecular flexibility index (Phi) is 6.59. The zero-order valence-corrected chi connectivity index (χ0v) is 16.3. The molecule has 3 aromatic rings. The van der Waals surface area contributed by atoms with E-state index in [2.05, 4.69) is 10.5 Å². The van der Waals surface area contributed by atoms with Crippen molar-refractivity contribution in [1.82, 2.24) is 5.43 Å². The Morgan fingerprint density at radius 1 is 1.14 bits per heavy atom. The fraction of sp³-hybridized carbons (Fsp3) is 0.0952. The van der Waals surface area contributed by atoms with Gasteiger partial charge in [-0.1, -0.05) is 24.3 Å². The molecular weight excluding hydrogens is 392 g/mol. The van der Waals surface area contributed by atoms with E-state index in [0.717, 1.165) is 5.56 Å². The average Bonchev–Trinajstić information content (AvgIpc) is 3.27. The van der Waals surface area contributed by atoms with Crippen molar-refractivity contribution < 1.29 is 24.2 Å². The second kappa shape index (κ2) is 9.52. The number of para-hydroxylation sites is 1. The first-order valence-electron chi connectivity index (χ1n) is 8.57. The molecule has 2 N–H and O–H groups in total. The molecule has 2 aromatic carbocycles. The van der Waals surface area contributed by atoms with Crippen LogP contribution in [0.1, 0.15) is 31.2 Å². The third-order valence-corrected chi connectivity index (χ3v) is 4.80. The number of ether oxygens (including phenoxy) is 2. The molecule has 8 heteroatoms. The number of aromatic carboxylic acids is 1. The topological polar surface area (TPSA) is 97.2 Å². The van der Waals surface area contributed by atoms with Crippen LogP contribution in [0.15, 0.2) is 65.1 Å². The third kappa shape index (κ3) is 5.20. The van der Waals surface area contributed by atoms with Crippen molar-refractivity contribution in [3.63, 3.8) is 0 Å². The Hall–Kier alpha value is -3.65. The monoisotopic (exact) mass is 410 g/mol. The van der Waals surface area contributed by atoms with Crippen LogP contribution >= 0.6 is 11.3 Å². The maximum atomic E-state index is 12.0. The van der Waals surface area contributed by atoms with Crippen LogP contribution in [0.25, 0.3) is 0 Å². The number of hydrogen-bond acceptors (Lipinski definition) is 6. The molecule has 0 spiro atoms. The standard InChI is InChI=1S/C21H18N2O5S/c1-27-17-5-2-4-16(12-22-23-20(24)18-6-3-11-29-18)19(17)28-13-14-7-9-15(10-8-14)21(25)26/h2-12H,13H2,1H3,(H,23,24)(H,25,26)/b22-12+. The van der Waals surface area contributed by atoms with E-state index in [0.29, 0.717) is 21.9 Å². The van der Waals surface area contributed by atoms with Crippen molar-refractivity contribution in [1.29, 1.82) is 0 Å². The lowest BCUT2D eigenvalue weighted by atomic mass is 10.1. The van der Waals surface area contributed by atoms with E-state index in [1.54, 1.807) is 42.5 Å². The highest BCUT2D eigenvalue weighted by Gasteiger charge is 2.11. The Morgan fingerprint density at radius 2 is 1.93 bits per heavy atom. The Bertz CT molecular complexity index is 1010. The van der Waals surface area contributed by atoms with Gasteiger partial charge in [-0.3, -0.25) is 4.79 Å². The summed E-state index contributed by atoms with van der Waals surface area (Å²) in [6.45, 7) is 0.211. The van der Waals surface area contributed by atoms with Gasteiger partial charge in [-0.2, -0.15) is 5.10 Å². The number of benzene rings is 2. The van der Waals surface area contributed by atoms with Gasteiger partial charge in [0.1, 0.15) is 6.61 Å². The molecule has 3 rings (SSSR count). The average molecular weight is 410 g/mol. The van der Waals surface area contributed by atoms with Crippen LogP contribution in [0.3, 0.4) is 0 Å². The molecule has 0 aliphatic heterocycles. The van der Waals surface area contributed by atoms with Crippen molar-refractivity contribution in [2.45, 2.75) is 6.61 Å². The number of rotatable bonds is 8. The Balaban J connectivity index is 1.72. The molecule has 0 aliphatic carbocycles. The van der Waals surface area contributed by atoms with Crippen LogP contribution in [-0.2, 0) is 6.61 Å². The van der Waals surface area contributed by atoms with Crippen LogP contribution in [0.2, 0.25) is 0 Å². The summed E-state index contributed by atoms with van der Waals surface area (Å²) in [4.78, 5) is 23.5. The molecule has 1 amide bonds. The van der Waals surface area contributed by atoms with Crippen molar-refractivity contribution in [2.24, 2.45) is 5.10 Å². The summed E-state index contributed by atoms with van der Waals surface area (Å²) in [6, 6.07) is 15.2. The maximum Gasteiger partial charge on any atom is 0.335 e. The minimum atomic E-state index is -0.981. The molecule has 0 fully saturated rings. The molecule has 7 nitrogen and oxygen atoms in total. The molecule has 29 heavy (non-hydrogen) atoms. The lowest BCUT2D eigenvalue weighted by molar-refractivity contribution is 0.0696. The summed E-state index contributed by atoms with van der Waals surface area (Å²) in [7, 11) is 1.53. The van der Waals surface area contributed by atoms with Crippen LogP contribution in [0.5, 0.6) is 11.5 Å². The van der Waals surface area contributed by atoms with Gasteiger partial charge in [-0.25, -0.2) is 10.2 Å². The minimum absolute atomic E-state index is 0.209. The van der Waals surface area contributed by atoms with Crippen LogP contribution in [0.4, 0.5) is 0 Å². The summed E-state index contributed by atoms with van der Waals surface area (Å²) in [5.41, 5.74) is 4.11. The number of nitrogens with zero attached hydrogens (tertiary/aromatic N) is 1. The number of methoxy groups -OCH3 is 1. The molecular formula is C21H18N2O5S. The second-order valence-corrected chi connectivity index (χ2v) is 6.79. The Labute approximate surface area is 171 Å². The van der Waals surface area contributed by atoms with Gasteiger partial charge in [-0.05, 0) is 41.3 Å². The molecule has 0 radical (unpaired) electrons. The van der Waals surface area contributed by atoms with Gasteiger partial charge >= 0.3 is 5.97 Å². The second-order valence-electron chi connectivity index (χ2n) is 5.85. The molecule has 0 saturated carbocycles. The van der Waals surface area contributed by atoms with Gasteiger partial charge in [0.25, 0.3) is 5.91 Å². The van der Waals surface area contributed by atoms with E-state index in [4.69, 9.17) is 14.6 Å². The molecule has 0 aliphatic rings. The van der Waals surface area contributed by atoms with Gasteiger partial charge in [0.15, 0.2) is 11.5 Å². The predicted octanol–water partition coefficient (Wildman–Crippen LogP) is 3.80. The van der Waals surface area contributed by atoms with Crippen molar-refractivity contribution in [2.75, 3.05) is 7.11 Å². The molecule has 0 atom stereocenters. The highest BCUT2D eigenvalue weighted by Crippen LogP contribution is 2.30. The number of thiophene rings is 1. The highest BCUT2D eigenvalue weighted by molar-refractivity contribution is 7.12. The number of carboxylic acids is 1. The zero-order chi connectivity index (χ0) is 20.6. The van der Waals surface area contributed by atoms with Gasteiger partial charge in [0.2, 0.25) is 0 Å². The fourth-order valence-corrected chi connectivity index (χ4v) is 3.09. The van der Waals surface area contributed by atoms with E-state index in [1.165, 1.54) is 36.8 Å². The summed E-state index contributed by atoms with van der Waals surface area (Å²) in [5, 5.41) is 14.8. The van der Waals surface area contributed by atoms with E-state index in [1.807, 2.05) is 5.38 Å². The van der Waals surface area contributed by atoms with Crippen LogP contribution in [0, 0.1) is 0 Å². The number of amides is 1. The molecule has 0 saturated heterocycles. The summed E-state index contributed by atoms with van der Waals surface area (Å²) >= 11 is 1.33. The predicted molar refractivity (Wildman–Crippen MR) is 110 cm³/mol. The lowest BCUT2D eigenvalue weighted by Crippen LogP contribution is -2.16. The number of nitrogens with one attached hydrogen (secondary N) is 1. The lowest BCUT2D eigenvalue weighted by Gasteiger charge is -2.13. The first-order chi connectivity index (χ1) is 14.1. The van der Waals surface area contributed by atoms with Gasteiger partial charge in [0, 0.05) is 5.56 Å². The van der Waals surface area contributed by atoms with E-state index in [9.17, 15) is 9.59 Å². The SMILES string of the molecule is COc1cccc(/C=N/NC(=O)c2cccs2)c1OCc1ccc(C(=O)O)cc1. The normalized spacial score (nSPS) is 10.7. The largest absolute Gasteiger partial charge is 0.493 e. The highest BCUT2D eigenvalue weighted by atomic mass is 32.1. The fourth-order valence-electron chi connectivity index (χ4n) is 2.47. The molecule has 0 unspecified atom stereocenters. The first-order valence-corrected chi connectivity index (χ1v) is 9.45. The summed E-state index contributed by atoms with van der Waals surface area (Å²) in [6.07, 6.45) is 1.48. The molecule has 1 heterocycles. The quantitative estimate of drug-likeness (QED) is 0.435. The van der Waals surface area contributed by atoms with E-state index >= 15 is 0 Å². The zero-order valence-electron chi connectivity index (χ0n) is 15.5. The van der Waals surface area contributed by atoms with Gasteiger partial charge in [-0.15, -0.1) is 11.3 Å². The summed E-state index contributed by atoms with van der Waals surface area (Å²) < 4.78 is 11.3. The van der Waals surface area contributed by atoms with Crippen molar-refractivity contribution >= 4 is 29.4 Å². The van der Waals surface area contributed by atoms with Crippen LogP contribution < -0.4 is 14.9 Å². The molecule has 1 aromatic heterocycles. The van der Waals surface area contributed by atoms with E-state index < -0.39 is 5.97 Å². The number of carbonyl (C=O) groups excluding carboxylic acids is 1.